The Morgan fingerprint density at radius 3 is 1.45 bits per heavy atom. The number of benzene rings is 6. The van der Waals surface area contributed by atoms with Crippen molar-refractivity contribution in [3.05, 3.63) is 203 Å². The van der Waals surface area contributed by atoms with Crippen LogP contribution in [0.15, 0.2) is 170 Å². The van der Waals surface area contributed by atoms with E-state index in [1.807, 2.05) is 6.92 Å². The maximum absolute atomic E-state index is 15.5. The minimum absolute atomic E-state index is 0.0303. The zero-order valence-electron chi connectivity index (χ0n) is 74.8. The van der Waals surface area contributed by atoms with Crippen LogP contribution in [0.3, 0.4) is 0 Å². The zero-order chi connectivity index (χ0) is 95.0. The Hall–Kier alpha value is -13.7. The molecule has 8 rings (SSSR count). The molecule has 7 aromatic rings. The highest BCUT2D eigenvalue weighted by molar-refractivity contribution is 8.00. The Morgan fingerprint density at radius 1 is 0.462 bits per heavy atom. The van der Waals surface area contributed by atoms with Gasteiger partial charge in [-0.2, -0.15) is 0 Å². The predicted molar refractivity (Wildman–Crippen MR) is 487 cm³/mol. The molecule has 36 heteroatoms. The molecule has 6 aromatic carbocycles. The van der Waals surface area contributed by atoms with Gasteiger partial charge in [0.1, 0.15) is 78.0 Å². The Balaban J connectivity index is 1.22. The number of carboxylic acid groups (broad SMARTS) is 1. The van der Waals surface area contributed by atoms with Gasteiger partial charge < -0.3 is 98.4 Å². The summed E-state index contributed by atoms with van der Waals surface area (Å²) < 4.78 is 0. The highest BCUT2D eigenvalue weighted by atomic mass is 32.2. The first-order valence-electron chi connectivity index (χ1n) is 43.2. The number of H-pyrrole nitrogens is 1. The second-order valence-electron chi connectivity index (χ2n) is 33.2. The highest BCUT2D eigenvalue weighted by Gasteiger charge is 2.43. The monoisotopic (exact) mass is 1810 g/mol. The number of hydrogen-bond donors (Lipinski definition) is 14. The van der Waals surface area contributed by atoms with Crippen molar-refractivity contribution in [2.24, 2.45) is 17.6 Å². The number of fused-ring (bicyclic) bond motifs is 1. The van der Waals surface area contributed by atoms with Crippen LogP contribution in [0.4, 0.5) is 0 Å². The Morgan fingerprint density at radius 2 is 0.908 bits per heavy atom. The molecule has 15 N–H and O–H groups in total. The number of phenols is 2. The van der Waals surface area contributed by atoms with Crippen molar-refractivity contribution in [1.29, 1.82) is 0 Å². The van der Waals surface area contributed by atoms with Crippen LogP contribution in [-0.2, 0) is 115 Å². The maximum atomic E-state index is 15.5. The number of carbonyl (C=O) groups is 16. The lowest BCUT2D eigenvalue weighted by Crippen LogP contribution is -2.61. The molecule has 15 amide bonds. The molecule has 1 aliphatic heterocycles. The molecule has 0 bridgehead atoms. The molecule has 1 aromatic heterocycles. The molecule has 1 unspecified atom stereocenters. The zero-order valence-corrected chi connectivity index (χ0v) is 75.6. The molecular formula is C94H120N16O19S. The third-order valence-corrected chi connectivity index (χ3v) is 23.6. The molecule has 1 aliphatic rings. The first-order valence-corrected chi connectivity index (χ1v) is 44.4. The summed E-state index contributed by atoms with van der Waals surface area (Å²) in [7, 11) is 6.56. The van der Waals surface area contributed by atoms with Crippen molar-refractivity contribution >= 4 is 117 Å². The average Bonchev–Trinajstić information content (AvgIpc) is 1.02. The van der Waals surface area contributed by atoms with Gasteiger partial charge in [0, 0.05) is 96.6 Å². The normalized spacial score (nSPS) is 22.0. The third-order valence-electron chi connectivity index (χ3n) is 22.6. The number of aromatic hydroxyl groups is 2. The van der Waals surface area contributed by atoms with Crippen LogP contribution >= 0.6 is 11.8 Å². The van der Waals surface area contributed by atoms with Crippen LogP contribution in [0, 0.1) is 11.8 Å². The SMILES string of the molecule is CCCC[C@H]1C(=O)N(C)CC(=O)N[C@@H](CC(=O)O)C(=O)N[C@@H]([C@@H](C)CC)C(=O)N(C)[C@@H](Cc2ccccc2)C(=O)N[C@@H](Cc2ccc(O)cc2)C(=O)N(C)CC(=O)N[C@@H](Cc2c[nH]c3ccccc23)C(=O)NC(Cc2ccc(O)cc2)C(=O)N[C@@H](CC(C)C)C(=O)N[C@H](C(=O)NCC(N)=O)CSCC(=O)N[C@@H](Cc2ccccc2)C(=O)N(C)[C@@H](Cc2ccccc2)C(=O)N1C. The number of likely N-dealkylation sites (N-methyl/N-ethyl adjacent to an activating group) is 5. The standard InChI is InChI=1S/C94H120N16O19S/c1-11-13-33-75-92(127)107(7)53-80(115)99-71(49-82(117)118)88(123)105-83(57(5)12-2)94(129)109(9)76(46-59-27-19-15-20-28-59)89(124)103-72(45-62-36-40-65(112)41-37-62)90(125)106(6)52-79(114)98-70(48-63-50-96-67-32-24-23-31-66(63)67)87(122)102-69(43-61-34-38-64(111)39-35-61)86(121)101-68(42-56(3)4)85(120)104-74(84(119)97-51-78(95)113)54-130-55-81(116)100-73(44-58-25-17-14-18-26-58)91(126)110(10)77(93(128)108(75)8)47-60-29-21-16-22-30-60/h14-32,34-41,50,56-57,68-77,83,96,111-112H,11-13,33,42-49,51-55H2,1-10H3,(H2,95,113)(H,97,119)(H,98,114)(H,99,115)(H,100,116)(H,101,121)(H,102,122)(H,103,124)(H,104,120)(H,105,123)(H,117,118)/t57-,68-,69?,70-,71-,72-,73-,74-,75-,76-,77-,83-/m0/s1. The van der Waals surface area contributed by atoms with E-state index in [0.717, 1.165) is 26.5 Å². The lowest BCUT2D eigenvalue weighted by molar-refractivity contribution is -0.151. The summed E-state index contributed by atoms with van der Waals surface area (Å²) in [5.74, 6) is -17.3. The van der Waals surface area contributed by atoms with Gasteiger partial charge in [0.2, 0.25) is 88.6 Å². The number of aliphatic carboxylic acids is 1. The number of para-hydroxylation sites is 1. The van der Waals surface area contributed by atoms with E-state index in [1.54, 1.807) is 149 Å². The number of amides is 15. The molecule has 1 saturated heterocycles. The number of rotatable bonds is 24. The fourth-order valence-corrected chi connectivity index (χ4v) is 16.0. The summed E-state index contributed by atoms with van der Waals surface area (Å²) >= 11 is 0.830. The topological polar surface area (TPSA) is 500 Å². The van der Waals surface area contributed by atoms with Crippen LogP contribution < -0.4 is 53.6 Å². The van der Waals surface area contributed by atoms with Crippen molar-refractivity contribution in [3.8, 4) is 11.5 Å². The van der Waals surface area contributed by atoms with Crippen molar-refractivity contribution < 1.29 is 92.0 Å². The van der Waals surface area contributed by atoms with E-state index in [0.29, 0.717) is 57.1 Å². The minimum Gasteiger partial charge on any atom is -0.508 e. The minimum atomic E-state index is -1.91. The van der Waals surface area contributed by atoms with E-state index in [-0.39, 0.29) is 81.0 Å². The molecule has 0 radical (unpaired) electrons. The van der Waals surface area contributed by atoms with E-state index in [4.69, 9.17) is 5.73 Å². The summed E-state index contributed by atoms with van der Waals surface area (Å²) in [5, 5.41) is 55.8. The molecule has 0 aliphatic carbocycles. The lowest BCUT2D eigenvalue weighted by atomic mass is 9.95. The van der Waals surface area contributed by atoms with E-state index in [9.17, 15) is 53.7 Å². The number of hydrogen-bond acceptors (Lipinski definition) is 19. The van der Waals surface area contributed by atoms with Gasteiger partial charge in [-0.05, 0) is 88.4 Å². The molecule has 2 heterocycles. The number of nitrogens with two attached hydrogens (primary N) is 1. The molecule has 696 valence electrons. The summed E-state index contributed by atoms with van der Waals surface area (Å²) in [5.41, 5.74) is 9.12. The summed E-state index contributed by atoms with van der Waals surface area (Å²) in [6.45, 7) is 6.38. The molecule has 0 saturated carbocycles. The molecule has 1 fully saturated rings. The Labute approximate surface area is 759 Å². The van der Waals surface area contributed by atoms with Crippen molar-refractivity contribution in [2.45, 2.75) is 178 Å². The Bertz CT molecular complexity index is 5090. The number of primary amides is 1. The number of aromatic nitrogens is 1. The molecule has 35 nitrogen and oxygen atoms in total. The van der Waals surface area contributed by atoms with E-state index in [2.05, 4.69) is 52.8 Å². The quantitative estimate of drug-likeness (QED) is 0.0413. The van der Waals surface area contributed by atoms with Crippen LogP contribution in [0.2, 0.25) is 0 Å². The first-order chi connectivity index (χ1) is 61.9. The van der Waals surface area contributed by atoms with Gasteiger partial charge in [0.15, 0.2) is 0 Å². The second kappa shape index (κ2) is 49.6. The second-order valence-corrected chi connectivity index (χ2v) is 34.2. The molecule has 0 spiro atoms. The summed E-state index contributed by atoms with van der Waals surface area (Å²) in [6.07, 6.45) is 0.306. The Kier molecular flexibility index (Phi) is 38.8. The molecule has 12 atom stereocenters. The van der Waals surface area contributed by atoms with E-state index < -0.39 is 199 Å². The fraction of sp³-hybridized carbons (Fsp3) is 0.426. The van der Waals surface area contributed by atoms with Crippen LogP contribution in [0.1, 0.15) is 107 Å². The summed E-state index contributed by atoms with van der Waals surface area (Å²) in [4.78, 5) is 244. The van der Waals surface area contributed by atoms with Gasteiger partial charge in [-0.25, -0.2) is 0 Å². The van der Waals surface area contributed by atoms with E-state index >= 15 is 38.4 Å². The first kappa shape index (κ1) is 102. The predicted octanol–water partition coefficient (Wildman–Crippen LogP) is 2.72. The third kappa shape index (κ3) is 30.5. The number of carbonyl (C=O) groups excluding carboxylic acids is 15. The lowest BCUT2D eigenvalue weighted by Gasteiger charge is -2.37. The van der Waals surface area contributed by atoms with Gasteiger partial charge in [-0.15, -0.1) is 11.8 Å². The molecular weight excluding hydrogens is 1690 g/mol. The van der Waals surface area contributed by atoms with Crippen LogP contribution in [-0.4, -0.2) is 272 Å². The van der Waals surface area contributed by atoms with Gasteiger partial charge in [-0.1, -0.05) is 187 Å². The fourth-order valence-electron chi connectivity index (χ4n) is 15.1. The highest BCUT2D eigenvalue weighted by Crippen LogP contribution is 2.25. The number of aromatic amines is 1. The number of thioether (sulfide) groups is 1. The number of nitrogens with zero attached hydrogens (tertiary/aromatic N) is 5. The van der Waals surface area contributed by atoms with Crippen LogP contribution in [0.5, 0.6) is 11.5 Å². The van der Waals surface area contributed by atoms with E-state index in [1.165, 1.54) is 93.6 Å². The summed E-state index contributed by atoms with van der Waals surface area (Å²) in [6, 6.07) is 27.3. The molecule has 130 heavy (non-hydrogen) atoms. The van der Waals surface area contributed by atoms with Gasteiger partial charge in [0.25, 0.3) is 0 Å². The number of nitrogens with one attached hydrogen (secondary N) is 10. The average molecular weight is 1810 g/mol. The largest absolute Gasteiger partial charge is 0.508 e. The van der Waals surface area contributed by atoms with Gasteiger partial charge >= 0.3 is 5.97 Å². The van der Waals surface area contributed by atoms with Crippen molar-refractivity contribution in [1.82, 2.24) is 77.3 Å². The van der Waals surface area contributed by atoms with Gasteiger partial charge in [0.05, 0.1) is 31.8 Å². The van der Waals surface area contributed by atoms with Gasteiger partial charge in [-0.3, -0.25) is 76.7 Å². The number of carboxylic acids is 1. The number of phenolic OH excluding ortho intramolecular Hbond substituents is 2. The van der Waals surface area contributed by atoms with Crippen molar-refractivity contribution in [2.75, 3.05) is 66.4 Å². The maximum Gasteiger partial charge on any atom is 0.305 e. The smallest absolute Gasteiger partial charge is 0.305 e. The number of unbranched alkanes of at least 4 members (excludes halogenated alkanes) is 1. The van der Waals surface area contributed by atoms with Crippen LogP contribution in [0.25, 0.3) is 10.9 Å². The van der Waals surface area contributed by atoms with Crippen molar-refractivity contribution in [3.63, 3.8) is 0 Å².